The van der Waals surface area contributed by atoms with Crippen LogP contribution in [0.5, 0.6) is 11.5 Å². The van der Waals surface area contributed by atoms with Gasteiger partial charge in [0.05, 0.1) is 7.11 Å². The van der Waals surface area contributed by atoms with E-state index < -0.39 is 0 Å². The Morgan fingerprint density at radius 1 is 0.900 bits per heavy atom. The van der Waals surface area contributed by atoms with Gasteiger partial charge in [0.25, 0.3) is 5.91 Å². The van der Waals surface area contributed by atoms with Crippen molar-refractivity contribution in [3.05, 3.63) is 72.3 Å². The summed E-state index contributed by atoms with van der Waals surface area (Å²) in [7, 11) is 1.72. The van der Waals surface area contributed by atoms with Crippen LogP contribution in [0, 0.1) is 0 Å². The van der Waals surface area contributed by atoms with Gasteiger partial charge in [0.2, 0.25) is 0 Å². The fourth-order valence-corrected chi connectivity index (χ4v) is 3.80. The Morgan fingerprint density at radius 2 is 1.60 bits per heavy atom. The van der Waals surface area contributed by atoms with E-state index in [0.29, 0.717) is 13.1 Å². The monoisotopic (exact) mass is 426 g/mol. The van der Waals surface area contributed by atoms with E-state index in [9.17, 15) is 4.79 Å². The maximum atomic E-state index is 12.5. The largest absolute Gasteiger partial charge is 0.496 e. The molecule has 0 bridgehead atoms. The lowest BCUT2D eigenvalue weighted by molar-refractivity contribution is -0.135. The van der Waals surface area contributed by atoms with Crippen LogP contribution in [-0.2, 0) is 11.3 Å². The predicted octanol–water partition coefficient (Wildman–Crippen LogP) is 3.99. The van der Waals surface area contributed by atoms with E-state index in [1.165, 1.54) is 16.3 Å². The summed E-state index contributed by atoms with van der Waals surface area (Å²) in [6, 6.07) is 22.0. The number of carbonyl (C=O) groups is 1. The summed E-state index contributed by atoms with van der Waals surface area (Å²) in [5, 5.41) is 2.44. The molecule has 0 spiro atoms. The third kappa shape index (κ3) is 5.04. The minimum Gasteiger partial charge on any atom is -0.496 e. The summed E-state index contributed by atoms with van der Waals surface area (Å²) < 4.78 is 11.2. The molecule has 3 aromatic rings. The highest BCUT2D eigenvalue weighted by molar-refractivity contribution is 5.87. The van der Waals surface area contributed by atoms with Gasteiger partial charge >= 0.3 is 0 Å². The second-order valence-electron chi connectivity index (χ2n) is 7.23. The van der Waals surface area contributed by atoms with Crippen molar-refractivity contribution in [2.45, 2.75) is 6.54 Å². The van der Waals surface area contributed by atoms with Crippen molar-refractivity contribution in [1.29, 1.82) is 0 Å². The Kier molecular flexibility index (Phi) is 7.55. The number of amides is 1. The number of piperazine rings is 1. The van der Waals surface area contributed by atoms with Crippen LogP contribution in [0.2, 0.25) is 0 Å². The molecule has 1 fully saturated rings. The molecule has 158 valence electrons. The van der Waals surface area contributed by atoms with E-state index in [0.717, 1.165) is 31.1 Å². The minimum atomic E-state index is 0. The lowest BCUT2D eigenvalue weighted by atomic mass is 10.0. The average molecular weight is 427 g/mol. The van der Waals surface area contributed by atoms with Crippen LogP contribution in [0.4, 0.5) is 0 Å². The van der Waals surface area contributed by atoms with Crippen LogP contribution >= 0.6 is 12.4 Å². The quantitative estimate of drug-likeness (QED) is 0.597. The van der Waals surface area contributed by atoms with Gasteiger partial charge in [0, 0.05) is 38.3 Å². The molecular weight excluding hydrogens is 400 g/mol. The first-order valence-corrected chi connectivity index (χ1v) is 9.97. The van der Waals surface area contributed by atoms with Gasteiger partial charge in [-0.25, -0.2) is 0 Å². The van der Waals surface area contributed by atoms with Crippen molar-refractivity contribution in [3.8, 4) is 11.5 Å². The summed E-state index contributed by atoms with van der Waals surface area (Å²) in [5.74, 6) is 1.68. The number of hydrogen-bond donors (Lipinski definition) is 0. The van der Waals surface area contributed by atoms with E-state index in [4.69, 9.17) is 9.47 Å². The standard InChI is InChI=1S/C24H26N2O3.ClH/c1-28-23-12-11-19-7-5-6-10-21(19)22(23)17-25-13-15-26(16-14-25)24(27)18-29-20-8-3-2-4-9-20;/h2-12H,13-18H2,1H3;1H. The molecule has 1 aliphatic rings. The summed E-state index contributed by atoms with van der Waals surface area (Å²) in [6.07, 6.45) is 0. The Balaban J connectivity index is 0.00000256. The maximum absolute atomic E-state index is 12.5. The molecule has 0 aliphatic carbocycles. The summed E-state index contributed by atoms with van der Waals surface area (Å²) in [4.78, 5) is 16.7. The Labute approximate surface area is 183 Å². The number of halogens is 1. The lowest BCUT2D eigenvalue weighted by Crippen LogP contribution is -2.49. The molecule has 1 heterocycles. The first kappa shape index (κ1) is 21.9. The van der Waals surface area contributed by atoms with Crippen LogP contribution in [0.15, 0.2) is 66.7 Å². The summed E-state index contributed by atoms with van der Waals surface area (Å²) in [5.41, 5.74) is 1.21. The van der Waals surface area contributed by atoms with Gasteiger partial charge in [0.15, 0.2) is 6.61 Å². The van der Waals surface area contributed by atoms with Gasteiger partial charge in [-0.05, 0) is 29.0 Å². The van der Waals surface area contributed by atoms with Gasteiger partial charge in [-0.2, -0.15) is 0 Å². The Morgan fingerprint density at radius 3 is 2.33 bits per heavy atom. The van der Waals surface area contributed by atoms with Crippen LogP contribution in [0.3, 0.4) is 0 Å². The first-order valence-electron chi connectivity index (χ1n) is 9.97. The lowest BCUT2D eigenvalue weighted by Gasteiger charge is -2.35. The Bertz CT molecular complexity index is 973. The average Bonchev–Trinajstić information content (AvgIpc) is 2.79. The molecule has 0 unspecified atom stereocenters. The molecule has 1 saturated heterocycles. The van der Waals surface area contributed by atoms with Crippen molar-refractivity contribution >= 4 is 29.1 Å². The van der Waals surface area contributed by atoms with E-state index in [1.54, 1.807) is 7.11 Å². The highest BCUT2D eigenvalue weighted by Crippen LogP contribution is 2.29. The van der Waals surface area contributed by atoms with Crippen molar-refractivity contribution in [3.63, 3.8) is 0 Å². The summed E-state index contributed by atoms with van der Waals surface area (Å²) in [6.45, 7) is 4.00. The topological polar surface area (TPSA) is 42.0 Å². The SMILES string of the molecule is COc1ccc2ccccc2c1CN1CCN(C(=O)COc2ccccc2)CC1.Cl. The van der Waals surface area contributed by atoms with Gasteiger partial charge < -0.3 is 14.4 Å². The van der Waals surface area contributed by atoms with Gasteiger partial charge in [0.1, 0.15) is 11.5 Å². The molecule has 0 N–H and O–H groups in total. The molecule has 0 atom stereocenters. The fraction of sp³-hybridized carbons (Fsp3) is 0.292. The smallest absolute Gasteiger partial charge is 0.260 e. The second kappa shape index (κ2) is 10.3. The number of hydrogen-bond acceptors (Lipinski definition) is 4. The number of nitrogens with zero attached hydrogens (tertiary/aromatic N) is 2. The van der Waals surface area contributed by atoms with Crippen molar-refractivity contribution in [2.24, 2.45) is 0 Å². The number of carbonyl (C=O) groups excluding carboxylic acids is 1. The Hall–Kier alpha value is -2.76. The number of benzene rings is 3. The molecular formula is C24H27ClN2O3. The second-order valence-corrected chi connectivity index (χ2v) is 7.23. The zero-order chi connectivity index (χ0) is 20.1. The van der Waals surface area contributed by atoms with E-state index in [-0.39, 0.29) is 24.9 Å². The third-order valence-corrected chi connectivity index (χ3v) is 5.43. The molecule has 0 radical (unpaired) electrons. The van der Waals surface area contributed by atoms with Crippen molar-refractivity contribution in [2.75, 3.05) is 39.9 Å². The van der Waals surface area contributed by atoms with Gasteiger partial charge in [-0.3, -0.25) is 9.69 Å². The molecule has 3 aromatic carbocycles. The van der Waals surface area contributed by atoms with Crippen molar-refractivity contribution in [1.82, 2.24) is 9.80 Å². The van der Waals surface area contributed by atoms with E-state index in [2.05, 4.69) is 35.2 Å². The molecule has 4 rings (SSSR count). The first-order chi connectivity index (χ1) is 14.2. The fourth-order valence-electron chi connectivity index (χ4n) is 3.80. The van der Waals surface area contributed by atoms with Crippen LogP contribution in [-0.4, -0.2) is 55.6 Å². The van der Waals surface area contributed by atoms with Gasteiger partial charge in [-0.15, -0.1) is 12.4 Å². The van der Waals surface area contributed by atoms with E-state index >= 15 is 0 Å². The number of rotatable bonds is 6. The maximum Gasteiger partial charge on any atom is 0.260 e. The normalized spacial score (nSPS) is 14.2. The van der Waals surface area contributed by atoms with Crippen molar-refractivity contribution < 1.29 is 14.3 Å². The van der Waals surface area contributed by atoms with Crippen LogP contribution in [0.25, 0.3) is 10.8 Å². The van der Waals surface area contributed by atoms with Gasteiger partial charge in [-0.1, -0.05) is 48.5 Å². The molecule has 30 heavy (non-hydrogen) atoms. The molecule has 0 aromatic heterocycles. The zero-order valence-electron chi connectivity index (χ0n) is 17.1. The number of fused-ring (bicyclic) bond motifs is 1. The zero-order valence-corrected chi connectivity index (χ0v) is 17.9. The summed E-state index contributed by atoms with van der Waals surface area (Å²) >= 11 is 0. The minimum absolute atomic E-state index is 0. The number of para-hydroxylation sites is 1. The molecule has 0 saturated carbocycles. The predicted molar refractivity (Wildman–Crippen MR) is 122 cm³/mol. The molecule has 6 heteroatoms. The number of methoxy groups -OCH3 is 1. The van der Waals surface area contributed by atoms with E-state index in [1.807, 2.05) is 41.3 Å². The number of ether oxygens (including phenoxy) is 2. The molecule has 1 aliphatic heterocycles. The third-order valence-electron chi connectivity index (χ3n) is 5.43. The highest BCUT2D eigenvalue weighted by atomic mass is 35.5. The molecule has 1 amide bonds. The molecule has 5 nitrogen and oxygen atoms in total. The van der Waals surface area contributed by atoms with Crippen LogP contribution < -0.4 is 9.47 Å². The van der Waals surface area contributed by atoms with Crippen LogP contribution in [0.1, 0.15) is 5.56 Å². The highest BCUT2D eigenvalue weighted by Gasteiger charge is 2.22.